The third-order valence-electron chi connectivity index (χ3n) is 3.43. The van der Waals surface area contributed by atoms with E-state index < -0.39 is 27.3 Å². The summed E-state index contributed by atoms with van der Waals surface area (Å²) in [5.74, 6) is -0.784. The highest BCUT2D eigenvalue weighted by atomic mass is 35.5. The van der Waals surface area contributed by atoms with E-state index in [4.69, 9.17) is 11.6 Å². The molecule has 3 rings (SSSR count). The van der Waals surface area contributed by atoms with Gasteiger partial charge in [0, 0.05) is 5.56 Å². The number of carbonyl (C=O) groups excluding carboxylic acids is 2. The maximum atomic E-state index is 12.1. The Hall–Kier alpha value is -1.60. The average Bonchev–Trinajstić information content (AvgIpc) is 2.60. The molecule has 2 aliphatic rings. The smallest absolute Gasteiger partial charge is 0.319 e. The highest BCUT2D eigenvalue weighted by Gasteiger charge is 2.53. The van der Waals surface area contributed by atoms with E-state index in [9.17, 15) is 18.0 Å². The lowest BCUT2D eigenvalue weighted by Crippen LogP contribution is -2.48. The van der Waals surface area contributed by atoms with Crippen LogP contribution in [0.4, 0.5) is 4.79 Å². The molecule has 2 heterocycles. The molecular weight excluding hydrogens is 292 g/mol. The number of hydrogen-bond donors (Lipinski definition) is 2. The molecule has 8 heteroatoms. The van der Waals surface area contributed by atoms with Crippen LogP contribution in [0, 0.1) is 0 Å². The van der Waals surface area contributed by atoms with E-state index in [0.717, 1.165) is 0 Å². The normalized spacial score (nSPS) is 27.8. The third kappa shape index (κ3) is 1.58. The van der Waals surface area contributed by atoms with E-state index >= 15 is 0 Å². The van der Waals surface area contributed by atoms with Crippen LogP contribution < -0.4 is 10.6 Å². The minimum absolute atomic E-state index is 0.000247. The summed E-state index contributed by atoms with van der Waals surface area (Å²) in [5.41, 5.74) is -1.10. The summed E-state index contributed by atoms with van der Waals surface area (Å²) in [5, 5.41) is 4.72. The lowest BCUT2D eigenvalue weighted by molar-refractivity contribution is -0.124. The van der Waals surface area contributed by atoms with Crippen LogP contribution in [0.1, 0.15) is 12.0 Å². The molecule has 2 aliphatic heterocycles. The molecule has 1 spiro atoms. The molecule has 0 saturated carbocycles. The van der Waals surface area contributed by atoms with E-state index in [1.165, 1.54) is 12.1 Å². The number of imide groups is 1. The van der Waals surface area contributed by atoms with Gasteiger partial charge < -0.3 is 5.32 Å². The Balaban J connectivity index is 2.33. The number of nitrogens with one attached hydrogen (secondary N) is 2. The molecular formula is C11H9ClN2O4S. The predicted octanol–water partition coefficient (Wildman–Crippen LogP) is 0.552. The molecule has 1 saturated heterocycles. The first-order valence-corrected chi connectivity index (χ1v) is 7.55. The van der Waals surface area contributed by atoms with Crippen molar-refractivity contribution in [2.24, 2.45) is 0 Å². The summed E-state index contributed by atoms with van der Waals surface area (Å²) in [6.07, 6.45) is 0.000247. The first kappa shape index (κ1) is 12.4. The fourth-order valence-corrected chi connectivity index (χ4v) is 4.79. The molecule has 6 nitrogen and oxygen atoms in total. The van der Waals surface area contributed by atoms with Crippen molar-refractivity contribution in [3.8, 4) is 0 Å². The molecule has 1 fully saturated rings. The maximum absolute atomic E-state index is 12.1. The zero-order valence-electron chi connectivity index (χ0n) is 9.57. The standard InChI is InChI=1S/C11H9ClN2O4S/c12-7-3-1-2-6-8(7)19(17,18)5-4-11(6)9(15)13-10(16)14-11/h1-3H,4-5H2,(H2,13,14,15,16). The lowest BCUT2D eigenvalue weighted by atomic mass is 9.87. The van der Waals surface area contributed by atoms with Crippen LogP contribution in [0.15, 0.2) is 23.1 Å². The van der Waals surface area contributed by atoms with Crippen molar-refractivity contribution in [2.45, 2.75) is 16.9 Å². The SMILES string of the molecule is O=C1NC(=O)C2(CCS(=O)(=O)c3c(Cl)cccc32)N1. The van der Waals surface area contributed by atoms with Crippen LogP contribution >= 0.6 is 11.6 Å². The Bertz CT molecular complexity index is 715. The topological polar surface area (TPSA) is 92.3 Å². The predicted molar refractivity (Wildman–Crippen MR) is 66.5 cm³/mol. The Morgan fingerprint density at radius 1 is 1.26 bits per heavy atom. The third-order valence-corrected chi connectivity index (χ3v) is 5.66. The van der Waals surface area contributed by atoms with Gasteiger partial charge in [0.2, 0.25) is 0 Å². The number of carbonyl (C=O) groups is 2. The van der Waals surface area contributed by atoms with E-state index in [2.05, 4.69) is 10.6 Å². The summed E-state index contributed by atoms with van der Waals surface area (Å²) >= 11 is 5.95. The number of sulfone groups is 1. The van der Waals surface area contributed by atoms with Gasteiger partial charge in [-0.15, -0.1) is 0 Å². The van der Waals surface area contributed by atoms with Gasteiger partial charge in [0.15, 0.2) is 9.84 Å². The number of amides is 3. The highest BCUT2D eigenvalue weighted by Crippen LogP contribution is 2.41. The minimum atomic E-state index is -3.54. The van der Waals surface area contributed by atoms with Crippen LogP contribution in [0.5, 0.6) is 0 Å². The summed E-state index contributed by atoms with van der Waals surface area (Å²) in [4.78, 5) is 23.3. The number of fused-ring (bicyclic) bond motifs is 2. The second-order valence-electron chi connectivity index (χ2n) is 4.50. The monoisotopic (exact) mass is 300 g/mol. The van der Waals surface area contributed by atoms with Gasteiger partial charge in [-0.2, -0.15) is 0 Å². The van der Waals surface area contributed by atoms with Gasteiger partial charge in [0.1, 0.15) is 5.54 Å². The molecule has 1 aromatic carbocycles. The maximum Gasteiger partial charge on any atom is 0.322 e. The number of hydrogen-bond acceptors (Lipinski definition) is 4. The molecule has 19 heavy (non-hydrogen) atoms. The largest absolute Gasteiger partial charge is 0.322 e. The average molecular weight is 301 g/mol. The second-order valence-corrected chi connectivity index (χ2v) is 6.95. The number of benzene rings is 1. The zero-order chi connectivity index (χ0) is 13.8. The van der Waals surface area contributed by atoms with Crippen LogP contribution in [0.2, 0.25) is 5.02 Å². The number of urea groups is 1. The van der Waals surface area contributed by atoms with Gasteiger partial charge in [-0.25, -0.2) is 13.2 Å². The van der Waals surface area contributed by atoms with Crippen molar-refractivity contribution in [2.75, 3.05) is 5.75 Å². The van der Waals surface area contributed by atoms with Crippen LogP contribution in [0.25, 0.3) is 0 Å². The van der Waals surface area contributed by atoms with Gasteiger partial charge in [-0.3, -0.25) is 10.1 Å². The number of rotatable bonds is 0. The molecule has 100 valence electrons. The van der Waals surface area contributed by atoms with Crippen molar-refractivity contribution in [3.05, 3.63) is 28.8 Å². The quantitative estimate of drug-likeness (QED) is 0.685. The summed E-state index contributed by atoms with van der Waals surface area (Å²) in [6, 6.07) is 3.88. The molecule has 0 radical (unpaired) electrons. The summed E-state index contributed by atoms with van der Waals surface area (Å²) < 4.78 is 24.2. The van der Waals surface area contributed by atoms with Crippen molar-refractivity contribution in [1.29, 1.82) is 0 Å². The van der Waals surface area contributed by atoms with Gasteiger partial charge in [-0.1, -0.05) is 23.7 Å². The highest BCUT2D eigenvalue weighted by molar-refractivity contribution is 7.91. The molecule has 0 aliphatic carbocycles. The van der Waals surface area contributed by atoms with Gasteiger partial charge in [-0.05, 0) is 12.5 Å². The molecule has 0 aromatic heterocycles. The van der Waals surface area contributed by atoms with E-state index in [1.807, 2.05) is 0 Å². The van der Waals surface area contributed by atoms with E-state index in [-0.39, 0.29) is 27.7 Å². The van der Waals surface area contributed by atoms with Gasteiger partial charge in [0.25, 0.3) is 5.91 Å². The Labute approximate surface area is 114 Å². The molecule has 2 N–H and O–H groups in total. The van der Waals surface area contributed by atoms with Crippen LogP contribution in [-0.2, 0) is 20.2 Å². The van der Waals surface area contributed by atoms with E-state index in [1.54, 1.807) is 6.07 Å². The zero-order valence-corrected chi connectivity index (χ0v) is 11.1. The van der Waals surface area contributed by atoms with Crippen molar-refractivity contribution in [3.63, 3.8) is 0 Å². The van der Waals surface area contributed by atoms with Crippen LogP contribution in [-0.4, -0.2) is 26.1 Å². The molecule has 3 amide bonds. The van der Waals surface area contributed by atoms with Gasteiger partial charge in [0.05, 0.1) is 15.7 Å². The van der Waals surface area contributed by atoms with Gasteiger partial charge >= 0.3 is 6.03 Å². The molecule has 1 aromatic rings. The molecule has 0 bridgehead atoms. The first-order chi connectivity index (χ1) is 8.87. The summed E-state index contributed by atoms with van der Waals surface area (Å²) in [7, 11) is -3.54. The fourth-order valence-electron chi connectivity index (χ4n) is 2.54. The second kappa shape index (κ2) is 3.71. The van der Waals surface area contributed by atoms with Crippen molar-refractivity contribution in [1.82, 2.24) is 10.6 Å². The Morgan fingerprint density at radius 2 is 2.00 bits per heavy atom. The number of halogens is 1. The first-order valence-electron chi connectivity index (χ1n) is 5.52. The van der Waals surface area contributed by atoms with E-state index in [0.29, 0.717) is 0 Å². The molecule has 1 unspecified atom stereocenters. The lowest BCUT2D eigenvalue weighted by Gasteiger charge is -2.32. The minimum Gasteiger partial charge on any atom is -0.319 e. The summed E-state index contributed by atoms with van der Waals surface area (Å²) in [6.45, 7) is 0. The Kier molecular flexibility index (Phi) is 2.42. The Morgan fingerprint density at radius 3 is 2.63 bits per heavy atom. The van der Waals surface area contributed by atoms with Crippen molar-refractivity contribution < 1.29 is 18.0 Å². The van der Waals surface area contributed by atoms with Crippen LogP contribution in [0.3, 0.4) is 0 Å². The molecule has 1 atom stereocenters. The fraction of sp³-hybridized carbons (Fsp3) is 0.273. The van der Waals surface area contributed by atoms with Crippen molar-refractivity contribution >= 4 is 33.4 Å².